The molecule has 3 heteroatoms. The van der Waals surface area contributed by atoms with E-state index in [1.807, 2.05) is 32.0 Å². The van der Waals surface area contributed by atoms with Crippen LogP contribution < -0.4 is 0 Å². The second-order valence-electron chi connectivity index (χ2n) is 6.15. The largest absolute Gasteiger partial charge is 0.338 e. The standard InChI is InChI=1S/C17H24BrNO/c1-17(2,14-9-5-3-6-10-14)16(20)19-12-8-4-7-11-15(19)13-18/h3,5-6,9-10,15H,4,7-8,11-13H2,1-2H3. The number of hydrogen-bond acceptors (Lipinski definition) is 1. The minimum absolute atomic E-state index is 0.259. The van der Waals surface area contributed by atoms with E-state index in [4.69, 9.17) is 0 Å². The highest BCUT2D eigenvalue weighted by Gasteiger charge is 2.36. The summed E-state index contributed by atoms with van der Waals surface area (Å²) in [4.78, 5) is 15.2. The third-order valence-electron chi connectivity index (χ3n) is 4.35. The molecule has 0 saturated carbocycles. The lowest BCUT2D eigenvalue weighted by molar-refractivity contribution is -0.138. The molecule has 1 aliphatic heterocycles. The van der Waals surface area contributed by atoms with Crippen LogP contribution in [0.2, 0.25) is 0 Å². The van der Waals surface area contributed by atoms with Crippen molar-refractivity contribution in [3.63, 3.8) is 0 Å². The molecule has 0 radical (unpaired) electrons. The Labute approximate surface area is 130 Å². The molecule has 1 unspecified atom stereocenters. The summed E-state index contributed by atoms with van der Waals surface area (Å²) in [5.41, 5.74) is 0.647. The number of carbonyl (C=O) groups is 1. The molecule has 1 atom stereocenters. The van der Waals surface area contributed by atoms with E-state index in [2.05, 4.69) is 33.0 Å². The molecule has 1 fully saturated rings. The van der Waals surface area contributed by atoms with Gasteiger partial charge in [-0.1, -0.05) is 59.1 Å². The van der Waals surface area contributed by atoms with Crippen molar-refractivity contribution in [2.45, 2.75) is 51.0 Å². The van der Waals surface area contributed by atoms with E-state index in [0.29, 0.717) is 6.04 Å². The monoisotopic (exact) mass is 337 g/mol. The maximum absolute atomic E-state index is 13.0. The quantitative estimate of drug-likeness (QED) is 0.759. The van der Waals surface area contributed by atoms with Gasteiger partial charge in [0.05, 0.1) is 5.41 Å². The summed E-state index contributed by atoms with van der Waals surface area (Å²) in [6, 6.07) is 10.5. The van der Waals surface area contributed by atoms with Crippen LogP contribution >= 0.6 is 15.9 Å². The SMILES string of the molecule is CC(C)(C(=O)N1CCCCCC1CBr)c1ccccc1. The third kappa shape index (κ3) is 3.25. The summed E-state index contributed by atoms with van der Waals surface area (Å²) in [6.45, 7) is 4.98. The molecular formula is C17H24BrNO. The van der Waals surface area contributed by atoms with Gasteiger partial charge in [-0.2, -0.15) is 0 Å². The molecule has 110 valence electrons. The summed E-state index contributed by atoms with van der Waals surface area (Å²) in [7, 11) is 0. The lowest BCUT2D eigenvalue weighted by Gasteiger charge is -2.36. The molecule has 2 nitrogen and oxygen atoms in total. The van der Waals surface area contributed by atoms with Crippen molar-refractivity contribution in [2.75, 3.05) is 11.9 Å². The third-order valence-corrected chi connectivity index (χ3v) is 5.09. The van der Waals surface area contributed by atoms with Crippen LogP contribution in [0.5, 0.6) is 0 Å². The summed E-state index contributed by atoms with van der Waals surface area (Å²) in [6.07, 6.45) is 4.70. The van der Waals surface area contributed by atoms with E-state index >= 15 is 0 Å². The van der Waals surface area contributed by atoms with E-state index in [-0.39, 0.29) is 5.91 Å². The highest BCUT2D eigenvalue weighted by atomic mass is 79.9. The number of hydrogen-bond donors (Lipinski definition) is 0. The normalized spacial score (nSPS) is 20.6. The molecule has 1 amide bonds. The minimum Gasteiger partial charge on any atom is -0.338 e. The molecule has 0 spiro atoms. The van der Waals surface area contributed by atoms with Gasteiger partial charge in [0.15, 0.2) is 0 Å². The Bertz CT molecular complexity index is 444. The number of amides is 1. The van der Waals surface area contributed by atoms with E-state index in [1.165, 1.54) is 12.8 Å². The van der Waals surface area contributed by atoms with Gasteiger partial charge in [-0.3, -0.25) is 4.79 Å². The van der Waals surface area contributed by atoms with Gasteiger partial charge < -0.3 is 4.90 Å². The average molecular weight is 338 g/mol. The number of nitrogens with zero attached hydrogens (tertiary/aromatic N) is 1. The Morgan fingerprint density at radius 2 is 1.95 bits per heavy atom. The predicted octanol–water partition coefficient (Wildman–Crippen LogP) is 4.13. The van der Waals surface area contributed by atoms with Gasteiger partial charge in [0.2, 0.25) is 5.91 Å². The smallest absolute Gasteiger partial charge is 0.232 e. The lowest BCUT2D eigenvalue weighted by Crippen LogP contribution is -2.49. The zero-order chi connectivity index (χ0) is 14.6. The fourth-order valence-electron chi connectivity index (χ4n) is 2.94. The molecule has 1 aliphatic rings. The fourth-order valence-corrected chi connectivity index (χ4v) is 3.62. The molecule has 1 heterocycles. The van der Waals surface area contributed by atoms with Crippen molar-refractivity contribution in [3.05, 3.63) is 35.9 Å². The van der Waals surface area contributed by atoms with Gasteiger partial charge in [0, 0.05) is 17.9 Å². The number of benzene rings is 1. The van der Waals surface area contributed by atoms with Gasteiger partial charge >= 0.3 is 0 Å². The number of carbonyl (C=O) groups excluding carboxylic acids is 1. The van der Waals surface area contributed by atoms with Gasteiger partial charge in [0.25, 0.3) is 0 Å². The van der Waals surface area contributed by atoms with Gasteiger partial charge in [-0.15, -0.1) is 0 Å². The van der Waals surface area contributed by atoms with Crippen LogP contribution in [0.1, 0.15) is 45.1 Å². The van der Waals surface area contributed by atoms with Crippen molar-refractivity contribution in [3.8, 4) is 0 Å². The molecule has 0 N–H and O–H groups in total. The van der Waals surface area contributed by atoms with Crippen molar-refractivity contribution in [1.29, 1.82) is 0 Å². The lowest BCUT2D eigenvalue weighted by atomic mass is 9.83. The Kier molecular flexibility index (Phi) is 5.25. The average Bonchev–Trinajstić information content (AvgIpc) is 2.72. The number of alkyl halides is 1. The molecule has 0 aromatic heterocycles. The second kappa shape index (κ2) is 6.75. The Morgan fingerprint density at radius 1 is 1.25 bits per heavy atom. The first-order valence-corrected chi connectivity index (χ1v) is 8.62. The Morgan fingerprint density at radius 3 is 2.60 bits per heavy atom. The van der Waals surface area contributed by atoms with Crippen LogP contribution in [-0.2, 0) is 10.2 Å². The molecule has 2 rings (SSSR count). The first-order chi connectivity index (χ1) is 9.57. The first-order valence-electron chi connectivity index (χ1n) is 7.50. The van der Waals surface area contributed by atoms with Crippen molar-refractivity contribution in [1.82, 2.24) is 4.90 Å². The van der Waals surface area contributed by atoms with Crippen LogP contribution in [0.15, 0.2) is 30.3 Å². The first kappa shape index (κ1) is 15.6. The zero-order valence-electron chi connectivity index (χ0n) is 12.4. The summed E-state index contributed by atoms with van der Waals surface area (Å²) in [5, 5.41) is 0.879. The zero-order valence-corrected chi connectivity index (χ0v) is 14.0. The van der Waals surface area contributed by atoms with Crippen molar-refractivity contribution < 1.29 is 4.79 Å². The number of rotatable bonds is 3. The number of likely N-dealkylation sites (tertiary alicyclic amines) is 1. The number of halogens is 1. The Balaban J connectivity index is 2.24. The fraction of sp³-hybridized carbons (Fsp3) is 0.588. The van der Waals surface area contributed by atoms with E-state index < -0.39 is 5.41 Å². The predicted molar refractivity (Wildman–Crippen MR) is 87.2 cm³/mol. The Hall–Kier alpha value is -0.830. The molecular weight excluding hydrogens is 314 g/mol. The van der Waals surface area contributed by atoms with Gasteiger partial charge in [-0.25, -0.2) is 0 Å². The maximum Gasteiger partial charge on any atom is 0.232 e. The molecule has 20 heavy (non-hydrogen) atoms. The highest BCUT2D eigenvalue weighted by Crippen LogP contribution is 2.29. The topological polar surface area (TPSA) is 20.3 Å². The van der Waals surface area contributed by atoms with E-state index in [9.17, 15) is 4.79 Å². The molecule has 1 aromatic carbocycles. The van der Waals surface area contributed by atoms with Crippen molar-refractivity contribution >= 4 is 21.8 Å². The minimum atomic E-state index is -0.452. The summed E-state index contributed by atoms with van der Waals surface area (Å²) < 4.78 is 0. The molecule has 0 aliphatic carbocycles. The molecule has 1 aromatic rings. The second-order valence-corrected chi connectivity index (χ2v) is 6.79. The van der Waals surface area contributed by atoms with Crippen LogP contribution in [0, 0.1) is 0 Å². The molecule has 1 saturated heterocycles. The van der Waals surface area contributed by atoms with Crippen LogP contribution in [-0.4, -0.2) is 28.7 Å². The molecule has 0 bridgehead atoms. The summed E-state index contributed by atoms with van der Waals surface area (Å²) in [5.74, 6) is 0.259. The van der Waals surface area contributed by atoms with Crippen LogP contribution in [0.25, 0.3) is 0 Å². The maximum atomic E-state index is 13.0. The summed E-state index contributed by atoms with van der Waals surface area (Å²) >= 11 is 3.58. The van der Waals surface area contributed by atoms with Crippen LogP contribution in [0.3, 0.4) is 0 Å². The van der Waals surface area contributed by atoms with Crippen molar-refractivity contribution in [2.24, 2.45) is 0 Å². The van der Waals surface area contributed by atoms with Crippen LogP contribution in [0.4, 0.5) is 0 Å². The van der Waals surface area contributed by atoms with Gasteiger partial charge in [0.1, 0.15) is 0 Å². The highest BCUT2D eigenvalue weighted by molar-refractivity contribution is 9.09. The van der Waals surface area contributed by atoms with Gasteiger partial charge in [-0.05, 0) is 32.3 Å². The van der Waals surface area contributed by atoms with E-state index in [1.54, 1.807) is 0 Å². The van der Waals surface area contributed by atoms with E-state index in [0.717, 1.165) is 30.3 Å².